The Morgan fingerprint density at radius 3 is 2.50 bits per heavy atom. The molecule has 0 aliphatic carbocycles. The second-order valence-electron chi connectivity index (χ2n) is 3.54. The minimum absolute atomic E-state index is 0.288. The summed E-state index contributed by atoms with van der Waals surface area (Å²) in [6.07, 6.45) is 4.35. The van der Waals surface area contributed by atoms with Crippen LogP contribution in [-0.4, -0.2) is 25.4 Å². The number of rotatable bonds is 3. The van der Waals surface area contributed by atoms with Gasteiger partial charge in [-0.1, -0.05) is 0 Å². The summed E-state index contributed by atoms with van der Waals surface area (Å²) in [5.74, 6) is 0. The molecule has 0 atom stereocenters. The fourth-order valence-corrected chi connectivity index (χ4v) is 2.69. The zero-order valence-electron chi connectivity index (χ0n) is 9.57. The van der Waals surface area contributed by atoms with Gasteiger partial charge in [0.05, 0.1) is 5.69 Å². The number of nitrogens with zero attached hydrogens (tertiary/aromatic N) is 2. The number of aromatic nitrogens is 2. The van der Waals surface area contributed by atoms with Gasteiger partial charge in [-0.2, -0.15) is 0 Å². The summed E-state index contributed by atoms with van der Waals surface area (Å²) in [5, 5.41) is 0. The molecule has 0 bridgehead atoms. The van der Waals surface area contributed by atoms with Crippen LogP contribution < -0.4 is 9.86 Å². The summed E-state index contributed by atoms with van der Waals surface area (Å²) in [6.45, 7) is 0. The van der Waals surface area contributed by atoms with Gasteiger partial charge >= 0.3 is 0 Å². The Labute approximate surface area is 104 Å². The molecule has 0 aromatic carbocycles. The van der Waals surface area contributed by atoms with E-state index in [0.717, 1.165) is 4.31 Å². The minimum Gasteiger partial charge on any atom is -0.328 e. The molecule has 0 fully saturated rings. The standard InChI is InChI=1S/C11H11N3O3S/c1-14(9-4-7-12-8-5-9)18(16,17)10-3-2-6-13-11(10)15/h2-8H,1H3,(H,13,15). The molecule has 1 N–H and O–H groups in total. The number of hydrogen-bond donors (Lipinski definition) is 1. The van der Waals surface area contributed by atoms with Crippen molar-refractivity contribution in [2.24, 2.45) is 0 Å². The molecule has 94 valence electrons. The Kier molecular flexibility index (Phi) is 3.15. The van der Waals surface area contributed by atoms with Crippen LogP contribution in [0.1, 0.15) is 0 Å². The topological polar surface area (TPSA) is 83.1 Å². The molecule has 7 heteroatoms. The van der Waals surface area contributed by atoms with Crippen LogP contribution in [0.3, 0.4) is 0 Å². The second kappa shape index (κ2) is 4.61. The Morgan fingerprint density at radius 1 is 1.22 bits per heavy atom. The number of aromatic amines is 1. The first kappa shape index (κ1) is 12.3. The summed E-state index contributed by atoms with van der Waals surface area (Å²) >= 11 is 0. The number of anilines is 1. The van der Waals surface area contributed by atoms with E-state index in [-0.39, 0.29) is 4.90 Å². The summed E-state index contributed by atoms with van der Waals surface area (Å²) in [5.41, 5.74) is -0.202. The molecule has 6 nitrogen and oxygen atoms in total. The lowest BCUT2D eigenvalue weighted by Gasteiger charge is -2.18. The number of H-pyrrole nitrogens is 1. The SMILES string of the molecule is CN(c1ccncc1)S(=O)(=O)c1ccc[nH]c1=O. The van der Waals surface area contributed by atoms with E-state index in [4.69, 9.17) is 0 Å². The van der Waals surface area contributed by atoms with Gasteiger partial charge in [-0.25, -0.2) is 8.42 Å². The van der Waals surface area contributed by atoms with Crippen molar-refractivity contribution in [3.8, 4) is 0 Å². The lowest BCUT2D eigenvalue weighted by molar-refractivity contribution is 0.593. The number of nitrogens with one attached hydrogen (secondary N) is 1. The lowest BCUT2D eigenvalue weighted by Crippen LogP contribution is -2.31. The molecule has 2 aromatic heterocycles. The van der Waals surface area contributed by atoms with Gasteiger partial charge in [0.15, 0.2) is 4.90 Å². The van der Waals surface area contributed by atoms with Crippen LogP contribution in [-0.2, 0) is 10.0 Å². The largest absolute Gasteiger partial charge is 0.328 e. The normalized spacial score (nSPS) is 11.2. The molecular formula is C11H11N3O3S. The van der Waals surface area contributed by atoms with E-state index in [9.17, 15) is 13.2 Å². The van der Waals surface area contributed by atoms with Crippen LogP contribution >= 0.6 is 0 Å². The molecule has 0 aliphatic rings. The third-order valence-corrected chi connectivity index (χ3v) is 4.26. The molecule has 0 saturated heterocycles. The van der Waals surface area contributed by atoms with Gasteiger partial charge in [-0.15, -0.1) is 0 Å². The molecule has 2 aromatic rings. The molecule has 0 unspecified atom stereocenters. The third kappa shape index (κ3) is 2.12. The zero-order valence-corrected chi connectivity index (χ0v) is 10.4. The average Bonchev–Trinajstić information content (AvgIpc) is 2.39. The summed E-state index contributed by atoms with van der Waals surface area (Å²) < 4.78 is 25.5. The fourth-order valence-electron chi connectivity index (χ4n) is 1.45. The van der Waals surface area contributed by atoms with E-state index in [1.165, 1.54) is 37.8 Å². The molecule has 0 saturated carbocycles. The molecule has 18 heavy (non-hydrogen) atoms. The molecule has 0 radical (unpaired) electrons. The van der Waals surface area contributed by atoms with Crippen LogP contribution in [0.5, 0.6) is 0 Å². The van der Waals surface area contributed by atoms with Crippen molar-refractivity contribution < 1.29 is 8.42 Å². The van der Waals surface area contributed by atoms with E-state index in [2.05, 4.69) is 9.97 Å². The summed E-state index contributed by atoms with van der Waals surface area (Å²) in [4.78, 5) is 17.4. The van der Waals surface area contributed by atoms with Crippen LogP contribution in [0.25, 0.3) is 0 Å². The predicted molar refractivity (Wildman–Crippen MR) is 66.9 cm³/mol. The Morgan fingerprint density at radius 2 is 1.89 bits per heavy atom. The Balaban J connectivity index is 2.51. The quantitative estimate of drug-likeness (QED) is 0.880. The van der Waals surface area contributed by atoms with Crippen molar-refractivity contribution in [2.45, 2.75) is 4.90 Å². The van der Waals surface area contributed by atoms with E-state index < -0.39 is 15.6 Å². The van der Waals surface area contributed by atoms with Gasteiger partial charge in [0.2, 0.25) is 0 Å². The first-order valence-electron chi connectivity index (χ1n) is 5.10. The Hall–Kier alpha value is -2.15. The highest BCUT2D eigenvalue weighted by atomic mass is 32.2. The first-order chi connectivity index (χ1) is 8.53. The van der Waals surface area contributed by atoms with Gasteiger partial charge in [0.1, 0.15) is 0 Å². The van der Waals surface area contributed by atoms with Crippen LogP contribution in [0.4, 0.5) is 5.69 Å². The highest BCUT2D eigenvalue weighted by Gasteiger charge is 2.23. The maximum Gasteiger partial charge on any atom is 0.269 e. The first-order valence-corrected chi connectivity index (χ1v) is 6.54. The molecule has 0 spiro atoms. The molecule has 0 aliphatic heterocycles. The number of sulfonamides is 1. The van der Waals surface area contributed by atoms with Crippen molar-refractivity contribution in [1.29, 1.82) is 0 Å². The van der Waals surface area contributed by atoms with E-state index >= 15 is 0 Å². The van der Waals surface area contributed by atoms with E-state index in [0.29, 0.717) is 5.69 Å². The lowest BCUT2D eigenvalue weighted by atomic mass is 10.4. The van der Waals surface area contributed by atoms with Gasteiger partial charge < -0.3 is 4.98 Å². The summed E-state index contributed by atoms with van der Waals surface area (Å²) in [7, 11) is -2.47. The Bertz CT molecular complexity index is 695. The van der Waals surface area contributed by atoms with Crippen molar-refractivity contribution in [2.75, 3.05) is 11.4 Å². The maximum atomic E-state index is 12.2. The van der Waals surface area contributed by atoms with Crippen molar-refractivity contribution >= 4 is 15.7 Å². The van der Waals surface area contributed by atoms with Crippen LogP contribution in [0, 0.1) is 0 Å². The third-order valence-electron chi connectivity index (χ3n) is 2.45. The van der Waals surface area contributed by atoms with Crippen LogP contribution in [0.2, 0.25) is 0 Å². The molecule has 0 amide bonds. The van der Waals surface area contributed by atoms with Crippen LogP contribution in [0.15, 0.2) is 52.5 Å². The van der Waals surface area contributed by atoms with Crippen molar-refractivity contribution in [3.63, 3.8) is 0 Å². The average molecular weight is 265 g/mol. The van der Waals surface area contributed by atoms with Crippen molar-refractivity contribution in [3.05, 3.63) is 53.2 Å². The van der Waals surface area contributed by atoms with Gasteiger partial charge in [0.25, 0.3) is 15.6 Å². The van der Waals surface area contributed by atoms with Gasteiger partial charge in [0, 0.05) is 25.6 Å². The molecule has 2 rings (SSSR count). The van der Waals surface area contributed by atoms with E-state index in [1.807, 2.05) is 0 Å². The van der Waals surface area contributed by atoms with Gasteiger partial charge in [-0.3, -0.25) is 14.1 Å². The predicted octanol–water partition coefficient (Wildman–Crippen LogP) is 0.595. The minimum atomic E-state index is -3.86. The van der Waals surface area contributed by atoms with E-state index in [1.54, 1.807) is 12.1 Å². The summed E-state index contributed by atoms with van der Waals surface area (Å²) in [6, 6.07) is 5.84. The molecule has 2 heterocycles. The molecular weight excluding hydrogens is 254 g/mol. The highest BCUT2D eigenvalue weighted by Crippen LogP contribution is 2.18. The maximum absolute atomic E-state index is 12.2. The second-order valence-corrected chi connectivity index (χ2v) is 5.48. The number of pyridine rings is 2. The highest BCUT2D eigenvalue weighted by molar-refractivity contribution is 7.92. The fraction of sp³-hybridized carbons (Fsp3) is 0.0909. The smallest absolute Gasteiger partial charge is 0.269 e. The zero-order chi connectivity index (χ0) is 13.2. The van der Waals surface area contributed by atoms with Gasteiger partial charge in [-0.05, 0) is 24.3 Å². The van der Waals surface area contributed by atoms with Crippen molar-refractivity contribution in [1.82, 2.24) is 9.97 Å². The number of hydrogen-bond acceptors (Lipinski definition) is 4. The monoisotopic (exact) mass is 265 g/mol.